The fraction of sp³-hybridized carbons (Fsp3) is 0.462. The molecular formula is C13H16BrNO2. The van der Waals surface area contributed by atoms with Gasteiger partial charge < -0.3 is 10.0 Å². The lowest BCUT2D eigenvalue weighted by Crippen LogP contribution is -2.42. The molecule has 1 heterocycles. The predicted octanol–water partition coefficient (Wildman–Crippen LogP) is 2.35. The van der Waals surface area contributed by atoms with Crippen LogP contribution < -0.4 is 0 Å². The van der Waals surface area contributed by atoms with Crippen LogP contribution in [0.1, 0.15) is 28.8 Å². The van der Waals surface area contributed by atoms with Crippen molar-refractivity contribution in [2.45, 2.75) is 25.9 Å². The number of aliphatic hydroxyl groups excluding tert-OH is 1. The summed E-state index contributed by atoms with van der Waals surface area (Å²) in [7, 11) is 0. The van der Waals surface area contributed by atoms with E-state index in [0.717, 1.165) is 29.4 Å². The summed E-state index contributed by atoms with van der Waals surface area (Å²) in [5.74, 6) is 0.0133. The number of nitrogens with zero attached hydrogens (tertiary/aromatic N) is 1. The van der Waals surface area contributed by atoms with E-state index in [1.54, 1.807) is 4.90 Å². The smallest absolute Gasteiger partial charge is 0.253 e. The van der Waals surface area contributed by atoms with Gasteiger partial charge in [0.15, 0.2) is 0 Å². The van der Waals surface area contributed by atoms with E-state index >= 15 is 0 Å². The van der Waals surface area contributed by atoms with Crippen LogP contribution in [0.15, 0.2) is 22.7 Å². The maximum absolute atomic E-state index is 12.2. The lowest BCUT2D eigenvalue weighted by atomic mass is 10.1. The number of amides is 1. The molecule has 0 aliphatic carbocycles. The number of aliphatic hydroxyl groups is 1. The van der Waals surface area contributed by atoms with Crippen molar-refractivity contribution >= 4 is 21.8 Å². The molecule has 1 N–H and O–H groups in total. The van der Waals surface area contributed by atoms with Gasteiger partial charge in [0.1, 0.15) is 0 Å². The standard InChI is InChI=1S/C13H16BrNO2/c1-9-7-10(4-5-12(9)14)13(17)15-6-2-3-11(16)8-15/h4-5,7,11,16H,2-3,6,8H2,1H3/t11-/m0/s1. The van der Waals surface area contributed by atoms with Gasteiger partial charge >= 0.3 is 0 Å². The second-order valence-corrected chi connectivity index (χ2v) is 5.37. The number of benzene rings is 1. The SMILES string of the molecule is Cc1cc(C(=O)N2CCC[C@H](O)C2)ccc1Br. The van der Waals surface area contributed by atoms with Gasteiger partial charge in [0.2, 0.25) is 0 Å². The molecule has 0 radical (unpaired) electrons. The molecule has 1 saturated heterocycles. The number of aryl methyl sites for hydroxylation is 1. The minimum Gasteiger partial charge on any atom is -0.391 e. The van der Waals surface area contributed by atoms with Gasteiger partial charge in [-0.05, 0) is 43.5 Å². The van der Waals surface area contributed by atoms with Crippen LogP contribution in [0.5, 0.6) is 0 Å². The minimum atomic E-state index is -0.371. The number of rotatable bonds is 1. The zero-order valence-electron chi connectivity index (χ0n) is 9.82. The summed E-state index contributed by atoms with van der Waals surface area (Å²) in [6, 6.07) is 5.59. The van der Waals surface area contributed by atoms with Crippen LogP contribution in [-0.2, 0) is 0 Å². The number of halogens is 1. The summed E-state index contributed by atoms with van der Waals surface area (Å²) in [5.41, 5.74) is 1.74. The first-order chi connectivity index (χ1) is 8.08. The summed E-state index contributed by atoms with van der Waals surface area (Å²) in [6.07, 6.45) is 1.30. The third-order valence-corrected chi connectivity index (χ3v) is 3.98. The van der Waals surface area contributed by atoms with Gasteiger partial charge in [0.25, 0.3) is 5.91 Å². The molecule has 0 unspecified atom stereocenters. The molecule has 92 valence electrons. The number of piperidine rings is 1. The van der Waals surface area contributed by atoms with Crippen molar-refractivity contribution in [2.24, 2.45) is 0 Å². The molecule has 0 spiro atoms. The van der Waals surface area contributed by atoms with Gasteiger partial charge in [-0.2, -0.15) is 0 Å². The summed E-state index contributed by atoms with van der Waals surface area (Å²) in [6.45, 7) is 3.16. The first-order valence-corrected chi connectivity index (χ1v) is 6.60. The molecule has 0 bridgehead atoms. The lowest BCUT2D eigenvalue weighted by molar-refractivity contribution is 0.0473. The third kappa shape index (κ3) is 2.87. The largest absolute Gasteiger partial charge is 0.391 e. The Kier molecular flexibility index (Phi) is 3.84. The molecule has 1 fully saturated rings. The molecule has 1 amide bonds. The fourth-order valence-electron chi connectivity index (χ4n) is 2.10. The fourth-order valence-corrected chi connectivity index (χ4v) is 2.35. The summed E-state index contributed by atoms with van der Waals surface area (Å²) < 4.78 is 1.01. The van der Waals surface area contributed by atoms with Gasteiger partial charge in [0, 0.05) is 23.1 Å². The van der Waals surface area contributed by atoms with Crippen molar-refractivity contribution in [2.75, 3.05) is 13.1 Å². The number of carbonyl (C=O) groups excluding carboxylic acids is 1. The van der Waals surface area contributed by atoms with Crippen molar-refractivity contribution in [3.8, 4) is 0 Å². The molecule has 0 aromatic heterocycles. The average Bonchev–Trinajstić information content (AvgIpc) is 2.32. The van der Waals surface area contributed by atoms with Crippen LogP contribution in [0.2, 0.25) is 0 Å². The lowest BCUT2D eigenvalue weighted by Gasteiger charge is -2.30. The zero-order chi connectivity index (χ0) is 12.4. The number of likely N-dealkylation sites (tertiary alicyclic amines) is 1. The van der Waals surface area contributed by atoms with Gasteiger partial charge in [-0.15, -0.1) is 0 Å². The van der Waals surface area contributed by atoms with Crippen LogP contribution in [-0.4, -0.2) is 35.1 Å². The highest BCUT2D eigenvalue weighted by molar-refractivity contribution is 9.10. The van der Waals surface area contributed by atoms with E-state index in [1.165, 1.54) is 0 Å². The summed E-state index contributed by atoms with van der Waals surface area (Å²) in [4.78, 5) is 13.9. The number of hydrogen-bond donors (Lipinski definition) is 1. The van der Waals surface area contributed by atoms with Crippen molar-refractivity contribution in [3.63, 3.8) is 0 Å². The first kappa shape index (κ1) is 12.6. The van der Waals surface area contributed by atoms with E-state index in [0.29, 0.717) is 12.1 Å². The number of hydrogen-bond acceptors (Lipinski definition) is 2. The van der Waals surface area contributed by atoms with Crippen LogP contribution in [0, 0.1) is 6.92 Å². The third-order valence-electron chi connectivity index (χ3n) is 3.09. The molecule has 1 aromatic rings. The second-order valence-electron chi connectivity index (χ2n) is 4.51. The molecule has 17 heavy (non-hydrogen) atoms. The highest BCUT2D eigenvalue weighted by atomic mass is 79.9. The van der Waals surface area contributed by atoms with Crippen molar-refractivity contribution in [1.82, 2.24) is 4.90 Å². The molecule has 3 nitrogen and oxygen atoms in total. The van der Waals surface area contributed by atoms with E-state index in [1.807, 2.05) is 25.1 Å². The Morgan fingerprint density at radius 2 is 2.29 bits per heavy atom. The van der Waals surface area contributed by atoms with Crippen molar-refractivity contribution in [1.29, 1.82) is 0 Å². The molecule has 0 saturated carbocycles. The molecule has 4 heteroatoms. The van der Waals surface area contributed by atoms with E-state index in [-0.39, 0.29) is 12.0 Å². The average molecular weight is 298 g/mol. The Labute approximate surface area is 110 Å². The monoisotopic (exact) mass is 297 g/mol. The Morgan fingerprint density at radius 1 is 1.53 bits per heavy atom. The zero-order valence-corrected chi connectivity index (χ0v) is 11.4. The Hall–Kier alpha value is -0.870. The van der Waals surface area contributed by atoms with Gasteiger partial charge in [-0.1, -0.05) is 15.9 Å². The minimum absolute atomic E-state index is 0.0133. The summed E-state index contributed by atoms with van der Waals surface area (Å²) >= 11 is 3.42. The Bertz CT molecular complexity index is 433. The summed E-state index contributed by atoms with van der Waals surface area (Å²) in [5, 5.41) is 9.57. The van der Waals surface area contributed by atoms with Crippen LogP contribution >= 0.6 is 15.9 Å². The molecule has 2 rings (SSSR count). The predicted molar refractivity (Wildman–Crippen MR) is 70.0 cm³/mol. The number of carbonyl (C=O) groups is 1. The first-order valence-electron chi connectivity index (χ1n) is 5.81. The van der Waals surface area contributed by atoms with Gasteiger partial charge in [0.05, 0.1) is 6.10 Å². The molecule has 1 aliphatic rings. The van der Waals surface area contributed by atoms with E-state index in [2.05, 4.69) is 15.9 Å². The Balaban J connectivity index is 2.15. The normalized spacial score (nSPS) is 20.4. The van der Waals surface area contributed by atoms with Crippen LogP contribution in [0.25, 0.3) is 0 Å². The number of β-amino-alcohol motifs (C(OH)–C–C–N with tert-alkyl or cyclic N) is 1. The second kappa shape index (κ2) is 5.19. The van der Waals surface area contributed by atoms with Crippen molar-refractivity contribution in [3.05, 3.63) is 33.8 Å². The van der Waals surface area contributed by atoms with Crippen LogP contribution in [0.4, 0.5) is 0 Å². The highest BCUT2D eigenvalue weighted by Gasteiger charge is 2.23. The maximum Gasteiger partial charge on any atom is 0.253 e. The van der Waals surface area contributed by atoms with Crippen LogP contribution in [0.3, 0.4) is 0 Å². The maximum atomic E-state index is 12.2. The highest BCUT2D eigenvalue weighted by Crippen LogP contribution is 2.19. The quantitative estimate of drug-likeness (QED) is 0.864. The topological polar surface area (TPSA) is 40.5 Å². The van der Waals surface area contributed by atoms with Gasteiger partial charge in [-0.25, -0.2) is 0 Å². The van der Waals surface area contributed by atoms with E-state index in [4.69, 9.17) is 0 Å². The van der Waals surface area contributed by atoms with E-state index in [9.17, 15) is 9.90 Å². The molecule has 1 atom stereocenters. The van der Waals surface area contributed by atoms with Gasteiger partial charge in [-0.3, -0.25) is 4.79 Å². The van der Waals surface area contributed by atoms with Crippen molar-refractivity contribution < 1.29 is 9.90 Å². The molecular weight excluding hydrogens is 282 g/mol. The molecule has 1 aromatic carbocycles. The molecule has 1 aliphatic heterocycles. The Morgan fingerprint density at radius 3 is 2.94 bits per heavy atom. The van der Waals surface area contributed by atoms with E-state index < -0.39 is 0 Å².